The number of Topliss-reactive ketones (excluding diaryl/α,β-unsaturated/α-hetero) is 1. The van der Waals surface area contributed by atoms with E-state index in [2.05, 4.69) is 17.3 Å². The number of hydrogen-bond acceptors (Lipinski definition) is 10. The van der Waals surface area contributed by atoms with Crippen LogP contribution in [0.25, 0.3) is 0 Å². The summed E-state index contributed by atoms with van der Waals surface area (Å²) in [5, 5.41) is 3.28. The minimum atomic E-state index is -1.28. The van der Waals surface area contributed by atoms with Crippen molar-refractivity contribution in [3.05, 3.63) is 71.8 Å². The number of rotatable bonds is 15. The molecular formula is C33H39N3O7S. The lowest BCUT2D eigenvalue weighted by Gasteiger charge is -2.41. The summed E-state index contributed by atoms with van der Waals surface area (Å²) in [4.78, 5) is 39.8. The number of nitrogens with one attached hydrogen (secondary N) is 1. The molecule has 44 heavy (non-hydrogen) atoms. The highest BCUT2D eigenvalue weighted by Gasteiger charge is 2.49. The Labute approximate surface area is 262 Å². The van der Waals surface area contributed by atoms with Crippen LogP contribution in [-0.4, -0.2) is 70.6 Å². The van der Waals surface area contributed by atoms with E-state index in [1.807, 2.05) is 60.7 Å². The second kappa shape index (κ2) is 14.3. The molecule has 11 heteroatoms. The van der Waals surface area contributed by atoms with Gasteiger partial charge in [-0.25, -0.2) is 0 Å². The van der Waals surface area contributed by atoms with E-state index in [1.165, 1.54) is 18.7 Å². The van der Waals surface area contributed by atoms with Crippen LogP contribution in [0.1, 0.15) is 30.9 Å². The first kappa shape index (κ1) is 31.6. The van der Waals surface area contributed by atoms with Crippen molar-refractivity contribution in [2.45, 2.75) is 36.1 Å². The van der Waals surface area contributed by atoms with Gasteiger partial charge in [0, 0.05) is 35.7 Å². The number of fused-ring (bicyclic) bond motifs is 2. The molecule has 0 saturated carbocycles. The van der Waals surface area contributed by atoms with Crippen molar-refractivity contribution in [3.63, 3.8) is 0 Å². The summed E-state index contributed by atoms with van der Waals surface area (Å²) in [5.41, 5.74) is 2.45. The average Bonchev–Trinajstić information content (AvgIpc) is 3.50. The number of unbranched alkanes of at least 4 members (excludes halogenated alkanes) is 1. The van der Waals surface area contributed by atoms with Crippen LogP contribution in [0.2, 0.25) is 0 Å². The maximum atomic E-state index is 14.1. The Morgan fingerprint density at radius 1 is 1.05 bits per heavy atom. The van der Waals surface area contributed by atoms with Crippen LogP contribution < -0.4 is 29.3 Å². The molecular weight excluding hydrogens is 582 g/mol. The van der Waals surface area contributed by atoms with Gasteiger partial charge in [0.15, 0.2) is 10.6 Å². The van der Waals surface area contributed by atoms with Crippen molar-refractivity contribution in [2.24, 2.45) is 0 Å². The molecule has 1 unspecified atom stereocenters. The minimum Gasteiger partial charge on any atom is -0.497 e. The molecule has 1 atom stereocenters. The second-order valence-corrected chi connectivity index (χ2v) is 12.1. The predicted octanol–water partition coefficient (Wildman–Crippen LogP) is 4.79. The normalized spacial score (nSPS) is 17.2. The molecule has 0 radical (unpaired) electrons. The fourth-order valence-electron chi connectivity index (χ4n) is 5.11. The second-order valence-electron chi connectivity index (χ2n) is 10.9. The minimum absolute atomic E-state index is 0.0239. The van der Waals surface area contributed by atoms with E-state index in [4.69, 9.17) is 24.0 Å². The van der Waals surface area contributed by atoms with E-state index in [0.29, 0.717) is 42.6 Å². The maximum Gasteiger partial charge on any atom is 0.262 e. The third-order valence-corrected chi connectivity index (χ3v) is 8.99. The number of anilines is 1. The first-order chi connectivity index (χ1) is 21.3. The molecule has 10 nitrogen and oxygen atoms in total. The Hall–Kier alpha value is -3.77. The van der Waals surface area contributed by atoms with Gasteiger partial charge >= 0.3 is 0 Å². The number of carbonyl (C=O) groups is 2. The SMILES string of the molecule is COc1ccc(OCCCCN(C)CCOc2ccc3c(c2)OOC3)c(C2(NCC(C)=O)Sc3ccccc3N(C)C2=O)c1. The monoisotopic (exact) mass is 621 g/mol. The van der Waals surface area contributed by atoms with Gasteiger partial charge in [-0.1, -0.05) is 23.9 Å². The Balaban J connectivity index is 1.20. The fourth-order valence-corrected chi connectivity index (χ4v) is 6.54. The van der Waals surface area contributed by atoms with Crippen molar-refractivity contribution in [2.75, 3.05) is 59.0 Å². The van der Waals surface area contributed by atoms with Gasteiger partial charge in [0.1, 0.15) is 36.2 Å². The number of ether oxygens (including phenoxy) is 3. The highest BCUT2D eigenvalue weighted by Crippen LogP contribution is 2.51. The quantitative estimate of drug-likeness (QED) is 0.188. The van der Waals surface area contributed by atoms with Gasteiger partial charge in [0.05, 0.1) is 25.9 Å². The lowest BCUT2D eigenvalue weighted by molar-refractivity contribution is -0.194. The Morgan fingerprint density at radius 3 is 2.68 bits per heavy atom. The molecule has 3 aromatic rings. The van der Waals surface area contributed by atoms with Gasteiger partial charge in [-0.3, -0.25) is 14.9 Å². The number of likely N-dealkylation sites (N-methyl/N-ethyl adjacent to an activating group) is 2. The maximum absolute atomic E-state index is 14.1. The third-order valence-electron chi connectivity index (χ3n) is 7.58. The molecule has 3 aromatic carbocycles. The Morgan fingerprint density at radius 2 is 1.86 bits per heavy atom. The van der Waals surface area contributed by atoms with Crippen LogP contribution in [0.4, 0.5) is 5.69 Å². The van der Waals surface area contributed by atoms with Gasteiger partial charge in [0.2, 0.25) is 0 Å². The summed E-state index contributed by atoms with van der Waals surface area (Å²) < 4.78 is 17.7. The van der Waals surface area contributed by atoms with Crippen LogP contribution in [-0.2, 0) is 26.0 Å². The summed E-state index contributed by atoms with van der Waals surface area (Å²) in [6.45, 7) is 4.66. The van der Waals surface area contributed by atoms with Crippen molar-refractivity contribution in [1.29, 1.82) is 0 Å². The number of nitrogens with zero attached hydrogens (tertiary/aromatic N) is 2. The number of thioether (sulfide) groups is 1. The van der Waals surface area contributed by atoms with E-state index in [9.17, 15) is 9.59 Å². The molecule has 1 amide bonds. The summed E-state index contributed by atoms with van der Waals surface area (Å²) in [7, 11) is 5.40. The summed E-state index contributed by atoms with van der Waals surface area (Å²) >= 11 is 1.38. The molecule has 5 rings (SSSR count). The third kappa shape index (κ3) is 7.13. The molecule has 0 bridgehead atoms. The molecule has 2 heterocycles. The van der Waals surface area contributed by atoms with E-state index < -0.39 is 4.87 Å². The molecule has 0 spiro atoms. The number of hydrogen-bond donors (Lipinski definition) is 1. The van der Waals surface area contributed by atoms with E-state index in [-0.39, 0.29) is 18.2 Å². The highest BCUT2D eigenvalue weighted by molar-refractivity contribution is 8.01. The first-order valence-corrected chi connectivity index (χ1v) is 15.5. The number of benzene rings is 3. The zero-order valence-corrected chi connectivity index (χ0v) is 26.4. The topological polar surface area (TPSA) is 98.8 Å². The Kier molecular flexibility index (Phi) is 10.3. The number of para-hydroxylation sites is 1. The van der Waals surface area contributed by atoms with Crippen LogP contribution in [0.15, 0.2) is 65.6 Å². The van der Waals surface area contributed by atoms with Crippen LogP contribution in [0, 0.1) is 0 Å². The predicted molar refractivity (Wildman–Crippen MR) is 169 cm³/mol. The van der Waals surface area contributed by atoms with Crippen molar-refractivity contribution in [3.8, 4) is 23.0 Å². The molecule has 2 aliphatic rings. The molecule has 0 fully saturated rings. The molecule has 0 aliphatic carbocycles. The van der Waals surface area contributed by atoms with Crippen molar-refractivity contribution >= 4 is 29.1 Å². The zero-order chi connectivity index (χ0) is 31.1. The van der Waals surface area contributed by atoms with Gasteiger partial charge < -0.3 is 28.9 Å². The van der Waals surface area contributed by atoms with Gasteiger partial charge in [-0.2, -0.15) is 4.89 Å². The van der Waals surface area contributed by atoms with Gasteiger partial charge in [-0.15, -0.1) is 0 Å². The lowest BCUT2D eigenvalue weighted by Crippen LogP contribution is -2.55. The molecule has 1 N–H and O–H groups in total. The van der Waals surface area contributed by atoms with Crippen LogP contribution in [0.5, 0.6) is 23.0 Å². The molecule has 234 valence electrons. The van der Waals surface area contributed by atoms with Gasteiger partial charge in [-0.05, 0) is 75.8 Å². The summed E-state index contributed by atoms with van der Waals surface area (Å²) in [5.74, 6) is 2.36. The zero-order valence-electron chi connectivity index (χ0n) is 25.6. The average molecular weight is 622 g/mol. The van der Waals surface area contributed by atoms with Crippen molar-refractivity contribution < 1.29 is 33.6 Å². The number of ketones is 1. The highest BCUT2D eigenvalue weighted by atomic mass is 32.2. The van der Waals surface area contributed by atoms with E-state index in [1.54, 1.807) is 19.1 Å². The molecule has 0 aromatic heterocycles. The van der Waals surface area contributed by atoms with E-state index >= 15 is 0 Å². The standard InChI is InChI=1S/C33H39N3O7S/c1-23(37)21-34-33(32(38)36(3)28-9-5-6-10-31(28)44-33)27-19-25(39-4)13-14-29(27)41-17-8-7-15-35(2)16-18-40-26-12-11-24-22-42-43-30(24)20-26/h5-6,9-14,19-20,34H,7-8,15-18,21-22H2,1-4H3. The largest absolute Gasteiger partial charge is 0.497 e. The number of carbonyl (C=O) groups excluding carboxylic acids is 2. The smallest absolute Gasteiger partial charge is 0.262 e. The number of amides is 1. The fraction of sp³-hybridized carbons (Fsp3) is 0.394. The Bertz CT molecular complexity index is 1490. The van der Waals surface area contributed by atoms with Crippen molar-refractivity contribution in [1.82, 2.24) is 10.2 Å². The van der Waals surface area contributed by atoms with E-state index in [0.717, 1.165) is 47.8 Å². The molecule has 2 aliphatic heterocycles. The first-order valence-electron chi connectivity index (χ1n) is 14.7. The van der Waals surface area contributed by atoms with Crippen LogP contribution >= 0.6 is 11.8 Å². The lowest BCUT2D eigenvalue weighted by atomic mass is 10.0. The number of methoxy groups -OCH3 is 1. The summed E-state index contributed by atoms with van der Waals surface area (Å²) in [6.07, 6.45) is 1.74. The van der Waals surface area contributed by atoms with Crippen LogP contribution in [0.3, 0.4) is 0 Å². The summed E-state index contributed by atoms with van der Waals surface area (Å²) in [6, 6.07) is 18.9. The van der Waals surface area contributed by atoms with Gasteiger partial charge in [0.25, 0.3) is 5.91 Å². The molecule has 0 saturated heterocycles.